The van der Waals surface area contributed by atoms with Crippen LogP contribution in [0.15, 0.2) is 84.8 Å². The molecule has 1 atom stereocenters. The van der Waals surface area contributed by atoms with E-state index in [0.717, 1.165) is 33.8 Å². The SMILES string of the molecule is CCNOS(=O)(=O)CCCCN1/C(=C/C2C=Cc3cc(OC)ccc3N2CCCCS(=O)(=O)O)Oc2ccc(-c3ccccc3)cc21. The summed E-state index contributed by atoms with van der Waals surface area (Å²) in [5, 5.41) is 0. The molecule has 0 radical (unpaired) electrons. The molecule has 3 aromatic carbocycles. The van der Waals surface area contributed by atoms with Crippen molar-refractivity contribution in [2.45, 2.75) is 38.6 Å². The van der Waals surface area contributed by atoms with Crippen LogP contribution in [-0.2, 0) is 24.5 Å². The Morgan fingerprint density at radius 2 is 1.66 bits per heavy atom. The molecule has 1 unspecified atom stereocenters. The average Bonchev–Trinajstić information content (AvgIpc) is 3.40. The molecule has 0 saturated heterocycles. The van der Waals surface area contributed by atoms with Crippen LogP contribution in [0.3, 0.4) is 0 Å². The first-order valence-electron chi connectivity index (χ1n) is 15.7. The molecule has 11 nitrogen and oxygen atoms in total. The predicted octanol–water partition coefficient (Wildman–Crippen LogP) is 5.62. The minimum atomic E-state index is -4.05. The third kappa shape index (κ3) is 9.14. The van der Waals surface area contributed by atoms with E-state index < -0.39 is 20.2 Å². The lowest BCUT2D eigenvalue weighted by Gasteiger charge is -2.35. The number of rotatable bonds is 16. The molecular weight excluding hydrogens is 643 g/mol. The van der Waals surface area contributed by atoms with Crippen molar-refractivity contribution >= 4 is 37.7 Å². The Morgan fingerprint density at radius 1 is 0.894 bits per heavy atom. The van der Waals surface area contributed by atoms with Gasteiger partial charge in [-0.1, -0.05) is 55.5 Å². The van der Waals surface area contributed by atoms with Gasteiger partial charge in [-0.05, 0) is 67.1 Å². The van der Waals surface area contributed by atoms with Gasteiger partial charge in [0.1, 0.15) is 5.75 Å². The van der Waals surface area contributed by atoms with E-state index in [1.165, 1.54) is 0 Å². The Labute approximate surface area is 277 Å². The van der Waals surface area contributed by atoms with Crippen LogP contribution >= 0.6 is 0 Å². The highest BCUT2D eigenvalue weighted by Gasteiger charge is 2.30. The molecule has 2 heterocycles. The first kappa shape index (κ1) is 34.5. The Bertz CT molecular complexity index is 1810. The number of nitrogens with zero attached hydrogens (tertiary/aromatic N) is 2. The summed E-state index contributed by atoms with van der Waals surface area (Å²) in [6.45, 7) is 3.18. The number of unbranched alkanes of at least 4 members (excludes halogenated alkanes) is 2. The maximum Gasteiger partial charge on any atom is 0.283 e. The maximum absolute atomic E-state index is 12.2. The van der Waals surface area contributed by atoms with Crippen LogP contribution in [0, 0.1) is 0 Å². The highest BCUT2D eigenvalue weighted by Crippen LogP contribution is 2.43. The number of benzene rings is 3. The van der Waals surface area contributed by atoms with Gasteiger partial charge in [0.15, 0.2) is 11.6 Å². The molecule has 252 valence electrons. The molecule has 0 bridgehead atoms. The fraction of sp³-hybridized carbons (Fsp3) is 0.353. The zero-order valence-electron chi connectivity index (χ0n) is 26.5. The molecule has 0 aliphatic carbocycles. The Balaban J connectivity index is 1.43. The number of methoxy groups -OCH3 is 1. The summed E-state index contributed by atoms with van der Waals surface area (Å²) in [5.74, 6) is 1.62. The third-order valence-electron chi connectivity index (χ3n) is 7.94. The molecule has 47 heavy (non-hydrogen) atoms. The molecule has 2 aliphatic rings. The van der Waals surface area contributed by atoms with E-state index in [4.69, 9.17) is 13.8 Å². The normalized spacial score (nSPS) is 16.7. The molecule has 5 rings (SSSR count). The number of hydrogen-bond donors (Lipinski definition) is 2. The Hall–Kier alpha value is -3.88. The number of fused-ring (bicyclic) bond motifs is 2. The highest BCUT2D eigenvalue weighted by molar-refractivity contribution is 7.86. The molecule has 0 amide bonds. The van der Waals surface area contributed by atoms with Gasteiger partial charge in [-0.15, -0.1) is 0 Å². The van der Waals surface area contributed by atoms with Gasteiger partial charge < -0.3 is 19.3 Å². The van der Waals surface area contributed by atoms with E-state index in [1.54, 1.807) is 14.0 Å². The van der Waals surface area contributed by atoms with Gasteiger partial charge in [-0.2, -0.15) is 26.6 Å². The quantitative estimate of drug-likeness (QED) is 0.111. The lowest BCUT2D eigenvalue weighted by molar-refractivity contribution is 0.210. The van der Waals surface area contributed by atoms with E-state index >= 15 is 0 Å². The Morgan fingerprint density at radius 3 is 2.40 bits per heavy atom. The number of hydroxylamine groups is 1. The third-order valence-corrected chi connectivity index (χ3v) is 9.90. The standard InChI is InChI=1S/C34H41N3O8S2/c1-3-35-45-47(41,42)22-10-8-20-37-32-24-27(26-11-5-4-6-12-26)14-18-33(32)44-34(37)25-29-15-13-28-23-30(43-2)16-17-31(28)36(29)19-7-9-21-46(38,39)40/h4-6,11-18,23-25,29,35H,3,7-10,19-22H2,1-2H3,(H,38,39,40)/b34-25-. The van der Waals surface area contributed by atoms with Crippen molar-refractivity contribution in [1.82, 2.24) is 5.48 Å². The van der Waals surface area contributed by atoms with Crippen molar-refractivity contribution in [3.05, 3.63) is 90.3 Å². The number of anilines is 2. The molecule has 2 N–H and O–H groups in total. The maximum atomic E-state index is 12.2. The lowest BCUT2D eigenvalue weighted by Crippen LogP contribution is -2.37. The van der Waals surface area contributed by atoms with Crippen LogP contribution in [0.5, 0.6) is 11.5 Å². The summed E-state index contributed by atoms with van der Waals surface area (Å²) in [6, 6.07) is 21.7. The summed E-state index contributed by atoms with van der Waals surface area (Å²) in [6.07, 6.45) is 7.92. The zero-order chi connectivity index (χ0) is 33.4. The van der Waals surface area contributed by atoms with E-state index in [1.807, 2.05) is 72.8 Å². The molecular formula is C34H41N3O8S2. The van der Waals surface area contributed by atoms with Gasteiger partial charge in [0, 0.05) is 37.0 Å². The van der Waals surface area contributed by atoms with Gasteiger partial charge in [0.2, 0.25) is 0 Å². The largest absolute Gasteiger partial charge is 0.497 e. The van der Waals surface area contributed by atoms with Gasteiger partial charge >= 0.3 is 0 Å². The van der Waals surface area contributed by atoms with Crippen LogP contribution in [0.4, 0.5) is 11.4 Å². The first-order valence-corrected chi connectivity index (χ1v) is 18.8. The van der Waals surface area contributed by atoms with Crippen LogP contribution in [0.1, 0.15) is 38.2 Å². The molecule has 3 aromatic rings. The molecule has 2 aliphatic heterocycles. The predicted molar refractivity (Wildman–Crippen MR) is 185 cm³/mol. The molecule has 0 saturated carbocycles. The van der Waals surface area contributed by atoms with Gasteiger partial charge in [-0.25, -0.2) is 0 Å². The average molecular weight is 684 g/mol. The van der Waals surface area contributed by atoms with E-state index in [2.05, 4.69) is 27.4 Å². The topological polar surface area (TPSA) is 135 Å². The fourth-order valence-corrected chi connectivity index (χ4v) is 7.16. The molecule has 0 aromatic heterocycles. The van der Waals surface area contributed by atoms with Crippen molar-refractivity contribution in [3.63, 3.8) is 0 Å². The van der Waals surface area contributed by atoms with Crippen LogP contribution in [0.25, 0.3) is 17.2 Å². The Kier molecular flexibility index (Phi) is 11.3. The van der Waals surface area contributed by atoms with Crippen molar-refractivity contribution in [1.29, 1.82) is 0 Å². The van der Waals surface area contributed by atoms with Crippen molar-refractivity contribution < 1.29 is 35.1 Å². The second-order valence-electron chi connectivity index (χ2n) is 11.3. The van der Waals surface area contributed by atoms with E-state index in [0.29, 0.717) is 57.0 Å². The van der Waals surface area contributed by atoms with Crippen molar-refractivity contribution in [2.75, 3.05) is 48.0 Å². The van der Waals surface area contributed by atoms with Crippen molar-refractivity contribution in [3.8, 4) is 22.6 Å². The fourth-order valence-electron chi connectivity index (χ4n) is 5.65. The first-order chi connectivity index (χ1) is 22.6. The van der Waals surface area contributed by atoms with Gasteiger partial charge in [0.25, 0.3) is 20.2 Å². The van der Waals surface area contributed by atoms with Crippen LogP contribution in [-0.4, -0.2) is 65.7 Å². The second kappa shape index (κ2) is 15.3. The molecule has 0 fully saturated rings. The highest BCUT2D eigenvalue weighted by atomic mass is 32.2. The van der Waals surface area contributed by atoms with Crippen LogP contribution in [0.2, 0.25) is 0 Å². The molecule has 0 spiro atoms. The van der Waals surface area contributed by atoms with E-state index in [9.17, 15) is 21.4 Å². The molecule has 13 heteroatoms. The summed E-state index contributed by atoms with van der Waals surface area (Å²) < 4.78 is 73.2. The number of nitrogens with one attached hydrogen (secondary N) is 1. The van der Waals surface area contributed by atoms with Gasteiger partial charge in [-0.3, -0.25) is 4.55 Å². The lowest BCUT2D eigenvalue weighted by atomic mass is 10.0. The monoisotopic (exact) mass is 683 g/mol. The number of ether oxygens (including phenoxy) is 2. The summed E-state index contributed by atoms with van der Waals surface area (Å²) >= 11 is 0. The second-order valence-corrected chi connectivity index (χ2v) is 14.6. The minimum Gasteiger partial charge on any atom is -0.497 e. The summed E-state index contributed by atoms with van der Waals surface area (Å²) in [7, 11) is -6.13. The minimum absolute atomic E-state index is 0.117. The summed E-state index contributed by atoms with van der Waals surface area (Å²) in [5.41, 5.74) is 7.32. The summed E-state index contributed by atoms with van der Waals surface area (Å²) in [4.78, 5) is 4.25. The smallest absolute Gasteiger partial charge is 0.283 e. The zero-order valence-corrected chi connectivity index (χ0v) is 28.2. The number of hydrogen-bond acceptors (Lipinski definition) is 10. The van der Waals surface area contributed by atoms with Gasteiger partial charge in [0.05, 0.1) is 30.3 Å². The van der Waals surface area contributed by atoms with Crippen molar-refractivity contribution in [2.24, 2.45) is 0 Å². The van der Waals surface area contributed by atoms with Crippen LogP contribution < -0.4 is 24.8 Å². The van der Waals surface area contributed by atoms with E-state index in [-0.39, 0.29) is 17.5 Å².